The van der Waals surface area contributed by atoms with Crippen LogP contribution in [0.3, 0.4) is 0 Å². The van der Waals surface area contributed by atoms with Crippen LogP contribution in [0.2, 0.25) is 0 Å². The lowest BCUT2D eigenvalue weighted by atomic mass is 9.80. The molecule has 5 heterocycles. The van der Waals surface area contributed by atoms with Crippen LogP contribution in [-0.4, -0.2) is 55.8 Å². The molecular weight excluding hydrogens is 588 g/mol. The molecule has 2 saturated heterocycles. The molecule has 1 aliphatic carbocycles. The molecule has 2 aromatic heterocycles. The van der Waals surface area contributed by atoms with Crippen LogP contribution in [0.5, 0.6) is 0 Å². The number of aliphatic carboxylic acids is 1. The van der Waals surface area contributed by atoms with Crippen molar-refractivity contribution < 1.29 is 34.4 Å². The number of aromatic amines is 2. The number of aliphatic hydroxyl groups excluding tert-OH is 2. The Morgan fingerprint density at radius 1 is 0.935 bits per heavy atom. The first-order chi connectivity index (χ1) is 21.9. The van der Waals surface area contributed by atoms with Crippen LogP contribution in [0.4, 0.5) is 0 Å². The molecule has 0 spiro atoms. The van der Waals surface area contributed by atoms with E-state index in [1.54, 1.807) is 6.92 Å². The number of aliphatic hydroxyl groups is 2. The van der Waals surface area contributed by atoms with Gasteiger partial charge in [0.05, 0.1) is 17.1 Å². The zero-order chi connectivity index (χ0) is 33.2. The fraction of sp³-hybridized carbons (Fsp3) is 0.457. The quantitative estimate of drug-likeness (QED) is 0.138. The van der Waals surface area contributed by atoms with E-state index in [0.29, 0.717) is 28.1 Å². The number of allylic oxidation sites excluding steroid dienone is 3. The summed E-state index contributed by atoms with van der Waals surface area (Å²) in [5.74, 6) is -3.25. The molecule has 0 amide bonds. The number of carbonyl (C=O) groups excluding carboxylic acids is 2. The first-order valence-corrected chi connectivity index (χ1v) is 15.9. The molecule has 4 aliphatic rings. The largest absolute Gasteiger partial charge is 0.510 e. The Kier molecular flexibility index (Phi) is 8.00. The van der Waals surface area contributed by atoms with E-state index < -0.39 is 30.7 Å². The zero-order valence-electron chi connectivity index (χ0n) is 27.0. The number of hydrogen-bond acceptors (Lipinski definition) is 8. The molecule has 7 N–H and O–H groups in total. The second-order valence-corrected chi connectivity index (χ2v) is 13.0. The van der Waals surface area contributed by atoms with Crippen molar-refractivity contribution >= 4 is 47.3 Å². The first kappa shape index (κ1) is 31.5. The van der Waals surface area contributed by atoms with Crippen LogP contribution >= 0.6 is 0 Å². The third-order valence-electron chi connectivity index (χ3n) is 10.6. The Bertz CT molecular complexity index is 1870. The molecule has 46 heavy (non-hydrogen) atoms. The number of fused-ring (bicyclic) bond motifs is 8. The molecule has 6 rings (SSSR count). The molecular formula is C35H42N4O7. The summed E-state index contributed by atoms with van der Waals surface area (Å²) in [4.78, 5) is 45.1. The van der Waals surface area contributed by atoms with E-state index in [1.165, 1.54) is 0 Å². The predicted molar refractivity (Wildman–Crippen MR) is 173 cm³/mol. The maximum absolute atomic E-state index is 13.4. The van der Waals surface area contributed by atoms with Gasteiger partial charge in [0.25, 0.3) is 0 Å². The van der Waals surface area contributed by atoms with Gasteiger partial charge in [-0.15, -0.1) is 0 Å². The minimum absolute atomic E-state index is 0.0548. The van der Waals surface area contributed by atoms with Crippen molar-refractivity contribution in [3.8, 4) is 0 Å². The first-order valence-electron chi connectivity index (χ1n) is 15.9. The van der Waals surface area contributed by atoms with E-state index in [-0.39, 0.29) is 41.6 Å². The van der Waals surface area contributed by atoms with Crippen molar-refractivity contribution in [1.82, 2.24) is 20.6 Å². The molecule has 2 aromatic rings. The van der Waals surface area contributed by atoms with Gasteiger partial charge in [-0.1, -0.05) is 20.8 Å². The molecule has 0 radical (unpaired) electrons. The normalized spacial score (nSPS) is 29.7. The highest BCUT2D eigenvalue weighted by molar-refractivity contribution is 6.00. The molecule has 0 aromatic carbocycles. The van der Waals surface area contributed by atoms with Gasteiger partial charge in [0.2, 0.25) is 0 Å². The summed E-state index contributed by atoms with van der Waals surface area (Å²) in [6.45, 7) is 10.8. The number of carboxylic acids is 1. The smallest absolute Gasteiger partial charge is 0.323 e. The van der Waals surface area contributed by atoms with E-state index in [0.717, 1.165) is 51.7 Å². The van der Waals surface area contributed by atoms with Gasteiger partial charge in [-0.25, -0.2) is 0 Å². The van der Waals surface area contributed by atoms with Crippen LogP contribution in [-0.2, 0) is 14.3 Å². The number of carbonyl (C=O) groups is 3. The van der Waals surface area contributed by atoms with Crippen molar-refractivity contribution in [2.24, 2.45) is 29.6 Å². The number of nitrogens with one attached hydrogen (secondary N) is 4. The van der Waals surface area contributed by atoms with E-state index in [4.69, 9.17) is 4.74 Å². The number of ether oxygens (including phenoxy) is 1. The van der Waals surface area contributed by atoms with E-state index in [9.17, 15) is 29.7 Å². The van der Waals surface area contributed by atoms with Gasteiger partial charge in [0.15, 0.2) is 12.6 Å². The Labute approximate surface area is 266 Å². The van der Waals surface area contributed by atoms with Gasteiger partial charge >= 0.3 is 11.9 Å². The number of ketones is 1. The standard InChI is InChI=1S/C35H42N4O7/c1-7-19-14(2)21-12-26-28(18(6)41)16(4)23(37-26)10-22-15(3)20(8-9-27(42)43)32(38-22)30-31(35(45)46-13-40)34(44)29-17(5)24(39-33(29)30)11-25(19)36-21/h10-12,14-15,19-20,31-32,36-40,44H,7-9,13H2,1-6H3,(H,42,43)/b21-12-,22-10-,25-11-/t14-,15+,19-,20+,31-,32?/m1/s1. The summed E-state index contributed by atoms with van der Waals surface area (Å²) >= 11 is 0. The number of aromatic nitrogens is 2. The summed E-state index contributed by atoms with van der Waals surface area (Å²) in [5, 5.41) is 39.1. The van der Waals surface area contributed by atoms with Gasteiger partial charge in [-0.3, -0.25) is 14.4 Å². The van der Waals surface area contributed by atoms with Crippen molar-refractivity contribution in [2.75, 3.05) is 6.79 Å². The maximum atomic E-state index is 13.4. The van der Waals surface area contributed by atoms with Crippen molar-refractivity contribution in [3.63, 3.8) is 0 Å². The number of esters is 1. The summed E-state index contributed by atoms with van der Waals surface area (Å²) in [7, 11) is 0. The van der Waals surface area contributed by atoms with Crippen LogP contribution in [0.1, 0.15) is 85.5 Å². The molecule has 2 fully saturated rings. The predicted octanol–water partition coefficient (Wildman–Crippen LogP) is 3.19. The molecule has 11 heteroatoms. The number of H-pyrrole nitrogens is 2. The van der Waals surface area contributed by atoms with E-state index in [1.807, 2.05) is 39.0 Å². The topological polar surface area (TPSA) is 177 Å². The second kappa shape index (κ2) is 11.7. The highest BCUT2D eigenvalue weighted by atomic mass is 16.6. The SMILES string of the molecule is CC[C@H]1/C2=C/c3[nH]c4c(c3C)=C(O)[C@H](C(=O)OCO)C=4C3N/C(=C\c4[nH]c(c(C(C)=O)c4C)/C=C(\N2)[C@@H]1C)[C@@H](C)[C@@H]3CCC(=O)O. The average molecular weight is 631 g/mol. The lowest BCUT2D eigenvalue weighted by molar-refractivity contribution is -0.153. The second-order valence-electron chi connectivity index (χ2n) is 13.0. The Balaban J connectivity index is 1.67. The maximum Gasteiger partial charge on any atom is 0.323 e. The summed E-state index contributed by atoms with van der Waals surface area (Å²) < 4.78 is 5.05. The van der Waals surface area contributed by atoms with Crippen LogP contribution in [0, 0.1) is 43.4 Å². The van der Waals surface area contributed by atoms with Gasteiger partial charge in [-0.2, -0.15) is 0 Å². The number of rotatable bonds is 7. The highest BCUT2D eigenvalue weighted by Gasteiger charge is 2.47. The number of Topliss-reactive ketones (excluding diaryl/α,β-unsaturated/α-hetero) is 1. The van der Waals surface area contributed by atoms with Crippen LogP contribution in [0.15, 0.2) is 17.1 Å². The third kappa shape index (κ3) is 4.88. The Morgan fingerprint density at radius 3 is 2.26 bits per heavy atom. The molecule has 6 atom stereocenters. The van der Waals surface area contributed by atoms with Crippen molar-refractivity contribution in [3.05, 3.63) is 61.4 Å². The molecule has 3 aliphatic heterocycles. The fourth-order valence-electron chi connectivity index (χ4n) is 8.13. The van der Waals surface area contributed by atoms with Crippen molar-refractivity contribution in [2.45, 2.75) is 66.8 Å². The minimum atomic E-state index is -1.19. The summed E-state index contributed by atoms with van der Waals surface area (Å²) in [6.07, 6.45) is 7.14. The van der Waals surface area contributed by atoms with Gasteiger partial charge in [0.1, 0.15) is 11.7 Å². The lowest BCUT2D eigenvalue weighted by Gasteiger charge is -2.26. The lowest BCUT2D eigenvalue weighted by Crippen LogP contribution is -2.38. The highest BCUT2D eigenvalue weighted by Crippen LogP contribution is 2.43. The van der Waals surface area contributed by atoms with Gasteiger partial charge in [-0.05, 0) is 74.5 Å². The zero-order valence-corrected chi connectivity index (χ0v) is 27.0. The van der Waals surface area contributed by atoms with Crippen LogP contribution in [0.25, 0.3) is 29.6 Å². The Morgan fingerprint density at radius 2 is 1.61 bits per heavy atom. The molecule has 244 valence electrons. The van der Waals surface area contributed by atoms with E-state index in [2.05, 4.69) is 34.4 Å². The number of carboxylic acid groups (broad SMARTS) is 1. The molecule has 1 unspecified atom stereocenters. The third-order valence-corrected chi connectivity index (χ3v) is 10.6. The molecule has 8 bridgehead atoms. The van der Waals surface area contributed by atoms with E-state index >= 15 is 0 Å². The number of hydrogen-bond donors (Lipinski definition) is 7. The molecule has 11 nitrogen and oxygen atoms in total. The monoisotopic (exact) mass is 630 g/mol. The van der Waals surface area contributed by atoms with Crippen LogP contribution < -0.4 is 21.2 Å². The summed E-state index contributed by atoms with van der Waals surface area (Å²) in [5.41, 5.74) is 7.76. The Hall–Kier alpha value is -4.51. The van der Waals surface area contributed by atoms with Gasteiger partial charge in [0, 0.05) is 63.4 Å². The van der Waals surface area contributed by atoms with Crippen molar-refractivity contribution in [1.29, 1.82) is 0 Å². The van der Waals surface area contributed by atoms with Gasteiger partial charge < -0.3 is 40.7 Å². The summed E-state index contributed by atoms with van der Waals surface area (Å²) in [6, 6.07) is -0.548. The minimum Gasteiger partial charge on any atom is -0.510 e. The average Bonchev–Trinajstić information content (AvgIpc) is 3.73. The molecule has 0 saturated carbocycles. The fourth-order valence-corrected chi connectivity index (χ4v) is 8.13.